The minimum absolute atomic E-state index is 0.115. The van der Waals surface area contributed by atoms with Crippen LogP contribution in [0.25, 0.3) is 6.08 Å². The zero-order valence-electron chi connectivity index (χ0n) is 14.3. The van der Waals surface area contributed by atoms with Crippen molar-refractivity contribution in [1.29, 1.82) is 0 Å². The molecule has 1 aromatic rings. The van der Waals surface area contributed by atoms with Gasteiger partial charge in [0.1, 0.15) is 0 Å². The van der Waals surface area contributed by atoms with E-state index < -0.39 is 24.3 Å². The Labute approximate surface area is 150 Å². The maximum atomic E-state index is 12.6. The first kappa shape index (κ1) is 20.0. The predicted molar refractivity (Wildman–Crippen MR) is 91.1 cm³/mol. The fraction of sp³-hybridized carbons (Fsp3) is 0.474. The van der Waals surface area contributed by atoms with E-state index in [1.54, 1.807) is 0 Å². The summed E-state index contributed by atoms with van der Waals surface area (Å²) >= 11 is 0. The standard InChI is InChI=1S/C19H22F3NO3/c20-19(21,22)15-7-5-6-14(12-15)10-11-18(25)26-13-17(24)23-16-8-3-1-2-4-9-16/h5-7,10-12,16H,1-4,8-9,13H2,(H,23,24). The van der Waals surface area contributed by atoms with Gasteiger partial charge in [-0.15, -0.1) is 0 Å². The molecule has 0 bridgehead atoms. The average molecular weight is 369 g/mol. The van der Waals surface area contributed by atoms with Gasteiger partial charge in [0.15, 0.2) is 6.61 Å². The lowest BCUT2D eigenvalue weighted by atomic mass is 10.1. The number of carbonyl (C=O) groups excluding carboxylic acids is 2. The predicted octanol–water partition coefficient (Wildman–Crippen LogP) is 4.10. The van der Waals surface area contributed by atoms with Crippen LogP contribution in [0.3, 0.4) is 0 Å². The molecule has 0 aromatic heterocycles. The van der Waals surface area contributed by atoms with Gasteiger partial charge in [-0.3, -0.25) is 4.79 Å². The van der Waals surface area contributed by atoms with Crippen LogP contribution in [0.2, 0.25) is 0 Å². The molecule has 0 unspecified atom stereocenters. The van der Waals surface area contributed by atoms with Crippen molar-refractivity contribution in [2.45, 2.75) is 50.7 Å². The van der Waals surface area contributed by atoms with Gasteiger partial charge in [0, 0.05) is 12.1 Å². The lowest BCUT2D eigenvalue weighted by Crippen LogP contribution is -2.37. The van der Waals surface area contributed by atoms with Crippen LogP contribution in [0, 0.1) is 0 Å². The molecule has 2 rings (SSSR count). The van der Waals surface area contributed by atoms with Crippen molar-refractivity contribution in [1.82, 2.24) is 5.32 Å². The second-order valence-electron chi connectivity index (χ2n) is 6.32. The van der Waals surface area contributed by atoms with Gasteiger partial charge in [-0.2, -0.15) is 13.2 Å². The molecule has 1 N–H and O–H groups in total. The largest absolute Gasteiger partial charge is 0.452 e. The molecule has 0 spiro atoms. The summed E-state index contributed by atoms with van der Waals surface area (Å²) in [6.07, 6.45) is 4.12. The van der Waals surface area contributed by atoms with E-state index in [1.165, 1.54) is 31.1 Å². The highest BCUT2D eigenvalue weighted by Gasteiger charge is 2.30. The van der Waals surface area contributed by atoms with E-state index in [9.17, 15) is 22.8 Å². The Morgan fingerprint density at radius 1 is 1.15 bits per heavy atom. The van der Waals surface area contributed by atoms with E-state index in [0.29, 0.717) is 0 Å². The van der Waals surface area contributed by atoms with E-state index >= 15 is 0 Å². The lowest BCUT2D eigenvalue weighted by molar-refractivity contribution is -0.144. The molecule has 0 heterocycles. The number of rotatable bonds is 5. The normalized spacial score (nSPS) is 16.3. The molecule has 26 heavy (non-hydrogen) atoms. The van der Waals surface area contributed by atoms with Gasteiger partial charge in [-0.05, 0) is 36.6 Å². The highest BCUT2D eigenvalue weighted by atomic mass is 19.4. The fourth-order valence-corrected chi connectivity index (χ4v) is 2.86. The number of ether oxygens (including phenoxy) is 1. The van der Waals surface area contributed by atoms with Crippen LogP contribution in [0.5, 0.6) is 0 Å². The lowest BCUT2D eigenvalue weighted by Gasteiger charge is -2.15. The van der Waals surface area contributed by atoms with E-state index in [4.69, 9.17) is 4.74 Å². The number of halogens is 3. The molecule has 1 aliphatic rings. The first-order chi connectivity index (χ1) is 12.3. The van der Waals surface area contributed by atoms with Crippen molar-refractivity contribution in [2.75, 3.05) is 6.61 Å². The Bertz CT molecular complexity index is 648. The molecule has 1 fully saturated rings. The Balaban J connectivity index is 1.79. The third-order valence-corrected chi connectivity index (χ3v) is 4.19. The summed E-state index contributed by atoms with van der Waals surface area (Å²) in [5.41, 5.74) is -0.574. The van der Waals surface area contributed by atoms with E-state index in [0.717, 1.165) is 43.9 Å². The minimum atomic E-state index is -4.44. The van der Waals surface area contributed by atoms with Crippen LogP contribution in [0.15, 0.2) is 30.3 Å². The van der Waals surface area contributed by atoms with Crippen LogP contribution in [0.4, 0.5) is 13.2 Å². The summed E-state index contributed by atoms with van der Waals surface area (Å²) in [6.45, 7) is -0.401. The highest BCUT2D eigenvalue weighted by molar-refractivity contribution is 5.89. The van der Waals surface area contributed by atoms with Crippen molar-refractivity contribution in [3.8, 4) is 0 Å². The number of benzene rings is 1. The topological polar surface area (TPSA) is 55.4 Å². The van der Waals surface area contributed by atoms with Gasteiger partial charge in [0.05, 0.1) is 5.56 Å². The first-order valence-electron chi connectivity index (χ1n) is 8.66. The number of nitrogens with one attached hydrogen (secondary N) is 1. The SMILES string of the molecule is O=C(COC(=O)C=Cc1cccc(C(F)(F)F)c1)NC1CCCCCC1. The maximum absolute atomic E-state index is 12.6. The van der Waals surface area contributed by atoms with Gasteiger partial charge in [-0.1, -0.05) is 37.8 Å². The highest BCUT2D eigenvalue weighted by Crippen LogP contribution is 2.29. The Morgan fingerprint density at radius 3 is 2.50 bits per heavy atom. The number of alkyl halides is 3. The molecule has 1 aliphatic carbocycles. The van der Waals surface area contributed by atoms with Crippen LogP contribution in [0.1, 0.15) is 49.7 Å². The summed E-state index contributed by atoms with van der Waals surface area (Å²) in [7, 11) is 0. The maximum Gasteiger partial charge on any atom is 0.416 e. The van der Waals surface area contributed by atoms with Crippen LogP contribution >= 0.6 is 0 Å². The van der Waals surface area contributed by atoms with Crippen molar-refractivity contribution in [3.63, 3.8) is 0 Å². The molecule has 0 atom stereocenters. The molecule has 1 amide bonds. The van der Waals surface area contributed by atoms with Crippen molar-refractivity contribution < 1.29 is 27.5 Å². The Kier molecular flexibility index (Phi) is 7.24. The zero-order valence-corrected chi connectivity index (χ0v) is 14.3. The van der Waals surface area contributed by atoms with Gasteiger partial charge >= 0.3 is 12.1 Å². The summed E-state index contributed by atoms with van der Waals surface area (Å²) in [5, 5.41) is 2.85. The number of esters is 1. The Hall–Kier alpha value is -2.31. The third kappa shape index (κ3) is 6.90. The third-order valence-electron chi connectivity index (χ3n) is 4.19. The van der Waals surface area contributed by atoms with Crippen molar-refractivity contribution in [3.05, 3.63) is 41.5 Å². The summed E-state index contributed by atoms with van der Waals surface area (Å²) in [5.74, 6) is -1.14. The van der Waals surface area contributed by atoms with Gasteiger partial charge in [0.2, 0.25) is 0 Å². The smallest absolute Gasteiger partial charge is 0.416 e. The van der Waals surface area contributed by atoms with Gasteiger partial charge < -0.3 is 10.1 Å². The number of hydrogen-bond acceptors (Lipinski definition) is 3. The monoisotopic (exact) mass is 369 g/mol. The minimum Gasteiger partial charge on any atom is -0.452 e. The molecule has 7 heteroatoms. The molecular weight excluding hydrogens is 347 g/mol. The van der Waals surface area contributed by atoms with Crippen molar-refractivity contribution in [2.24, 2.45) is 0 Å². The average Bonchev–Trinajstić information content (AvgIpc) is 2.86. The summed E-state index contributed by atoms with van der Waals surface area (Å²) < 4.78 is 42.7. The molecule has 0 aliphatic heterocycles. The molecule has 4 nitrogen and oxygen atoms in total. The van der Waals surface area contributed by atoms with E-state index in [1.807, 2.05) is 0 Å². The molecular formula is C19H22F3NO3. The summed E-state index contributed by atoms with van der Waals surface area (Å²) in [6, 6.07) is 4.70. The van der Waals surface area contributed by atoms with Crippen LogP contribution in [-0.2, 0) is 20.5 Å². The number of amides is 1. The molecule has 142 valence electrons. The molecule has 1 aromatic carbocycles. The molecule has 0 radical (unpaired) electrons. The summed E-state index contributed by atoms with van der Waals surface area (Å²) in [4.78, 5) is 23.5. The second kappa shape index (κ2) is 9.40. The van der Waals surface area contributed by atoms with E-state index in [-0.39, 0.29) is 17.5 Å². The van der Waals surface area contributed by atoms with Crippen molar-refractivity contribution >= 4 is 18.0 Å². The van der Waals surface area contributed by atoms with Gasteiger partial charge in [-0.25, -0.2) is 4.79 Å². The zero-order chi connectivity index (χ0) is 19.0. The molecule has 1 saturated carbocycles. The molecule has 0 saturated heterocycles. The Morgan fingerprint density at radius 2 is 1.85 bits per heavy atom. The van der Waals surface area contributed by atoms with Crippen LogP contribution < -0.4 is 5.32 Å². The fourth-order valence-electron chi connectivity index (χ4n) is 2.86. The number of carbonyl (C=O) groups is 2. The quantitative estimate of drug-likeness (QED) is 0.483. The van der Waals surface area contributed by atoms with E-state index in [2.05, 4.69) is 5.32 Å². The van der Waals surface area contributed by atoms with Crippen LogP contribution in [-0.4, -0.2) is 24.5 Å². The second-order valence-corrected chi connectivity index (χ2v) is 6.32. The first-order valence-corrected chi connectivity index (χ1v) is 8.66. The van der Waals surface area contributed by atoms with Gasteiger partial charge in [0.25, 0.3) is 5.91 Å². The number of hydrogen-bond donors (Lipinski definition) is 1.